The lowest BCUT2D eigenvalue weighted by molar-refractivity contribution is 0.142. The van der Waals surface area contributed by atoms with Gasteiger partial charge in [0.25, 0.3) is 26.1 Å². The molecule has 0 saturated heterocycles. The maximum absolute atomic E-state index is 12.7. The maximum atomic E-state index is 12.7. The molecule has 16 heteroatoms. The zero-order valence-electron chi connectivity index (χ0n) is 15.5. The van der Waals surface area contributed by atoms with Gasteiger partial charge < -0.3 is 9.84 Å². The number of aromatic nitrogens is 2. The number of ether oxygens (including phenoxy) is 1. The van der Waals surface area contributed by atoms with Crippen LogP contribution < -0.4 is 10.3 Å². The van der Waals surface area contributed by atoms with Crippen LogP contribution in [0.1, 0.15) is 0 Å². The first-order chi connectivity index (χ1) is 14.9. The van der Waals surface area contributed by atoms with E-state index in [-0.39, 0.29) is 11.4 Å². The van der Waals surface area contributed by atoms with Gasteiger partial charge in [-0.2, -0.15) is 16.8 Å². The van der Waals surface area contributed by atoms with Crippen molar-refractivity contribution in [3.8, 4) is 11.6 Å². The van der Waals surface area contributed by atoms with Crippen molar-refractivity contribution in [2.45, 2.75) is 9.79 Å². The molecular formula is C16H12N4O10S2. The molecule has 14 nitrogen and oxygen atoms in total. The zero-order valence-corrected chi connectivity index (χ0v) is 17.1. The van der Waals surface area contributed by atoms with E-state index >= 15 is 0 Å². The number of nitrogens with one attached hydrogen (secondary N) is 1. The number of rotatable bonds is 6. The molecule has 168 valence electrons. The Bertz CT molecular complexity index is 1490. The van der Waals surface area contributed by atoms with E-state index in [2.05, 4.69) is 20.1 Å². The lowest BCUT2D eigenvalue weighted by Gasteiger charge is -2.02. The maximum Gasteiger partial charge on any atom is 0.512 e. The molecule has 1 aromatic heterocycles. The molecule has 0 aliphatic rings. The molecule has 4 N–H and O–H groups in total. The van der Waals surface area contributed by atoms with Crippen LogP contribution >= 0.6 is 0 Å². The van der Waals surface area contributed by atoms with E-state index in [1.54, 1.807) is 0 Å². The van der Waals surface area contributed by atoms with Gasteiger partial charge in [-0.1, -0.05) is 12.1 Å². The number of aromatic amines is 1. The molecule has 3 rings (SSSR count). The van der Waals surface area contributed by atoms with Crippen LogP contribution in [0.5, 0.6) is 5.88 Å². The third kappa shape index (κ3) is 4.89. The van der Waals surface area contributed by atoms with Crippen LogP contribution in [-0.4, -0.2) is 47.0 Å². The quantitative estimate of drug-likeness (QED) is 0.227. The van der Waals surface area contributed by atoms with Crippen LogP contribution in [0.3, 0.4) is 0 Å². The van der Waals surface area contributed by atoms with Gasteiger partial charge in [-0.25, -0.2) is 9.48 Å². The molecule has 0 spiro atoms. The van der Waals surface area contributed by atoms with Crippen molar-refractivity contribution < 1.29 is 40.6 Å². The van der Waals surface area contributed by atoms with E-state index in [4.69, 9.17) is 9.66 Å². The number of H-pyrrole nitrogens is 1. The summed E-state index contributed by atoms with van der Waals surface area (Å²) < 4.78 is 68.7. The topological polar surface area (TPSA) is 218 Å². The molecule has 0 amide bonds. The number of carboxylic acid groups (broad SMARTS) is 1. The number of hydrogen-bond donors (Lipinski definition) is 4. The number of benzene rings is 2. The lowest BCUT2D eigenvalue weighted by Crippen LogP contribution is -2.14. The minimum absolute atomic E-state index is 0.0115. The summed E-state index contributed by atoms with van der Waals surface area (Å²) in [6.45, 7) is 0. The fourth-order valence-electron chi connectivity index (χ4n) is 2.47. The van der Waals surface area contributed by atoms with Gasteiger partial charge in [0.15, 0.2) is 0 Å². The van der Waals surface area contributed by atoms with Crippen LogP contribution in [0.25, 0.3) is 5.69 Å². The monoisotopic (exact) mass is 484 g/mol. The van der Waals surface area contributed by atoms with E-state index in [9.17, 15) is 31.0 Å². The summed E-state index contributed by atoms with van der Waals surface area (Å²) in [7, 11) is -9.16. The predicted octanol–water partition coefficient (Wildman–Crippen LogP) is 2.13. The smallest absolute Gasteiger partial charge is 0.449 e. The molecule has 0 saturated carbocycles. The van der Waals surface area contributed by atoms with Gasteiger partial charge in [0.2, 0.25) is 5.69 Å². The summed E-state index contributed by atoms with van der Waals surface area (Å²) in [5.41, 5.74) is -2.00. The van der Waals surface area contributed by atoms with Crippen molar-refractivity contribution in [3.05, 3.63) is 58.9 Å². The highest BCUT2D eigenvalue weighted by Gasteiger charge is 2.21. The first kappa shape index (κ1) is 22.8. The van der Waals surface area contributed by atoms with Gasteiger partial charge in [-0.3, -0.25) is 19.0 Å². The molecule has 32 heavy (non-hydrogen) atoms. The number of carbonyl (C=O) groups is 1. The number of azo groups is 1. The van der Waals surface area contributed by atoms with Gasteiger partial charge in [0, 0.05) is 0 Å². The Morgan fingerprint density at radius 2 is 1.56 bits per heavy atom. The lowest BCUT2D eigenvalue weighted by atomic mass is 10.3. The Hall–Kier alpha value is -3.86. The second-order valence-electron chi connectivity index (χ2n) is 5.91. The Balaban J connectivity index is 2.11. The van der Waals surface area contributed by atoms with E-state index in [0.29, 0.717) is 0 Å². The van der Waals surface area contributed by atoms with Gasteiger partial charge in [-0.05, 0) is 36.4 Å². The molecule has 0 aliphatic heterocycles. The van der Waals surface area contributed by atoms with E-state index < -0.39 is 53.3 Å². The van der Waals surface area contributed by atoms with Crippen molar-refractivity contribution in [2.75, 3.05) is 0 Å². The zero-order chi connectivity index (χ0) is 23.7. The molecule has 0 unspecified atom stereocenters. The van der Waals surface area contributed by atoms with E-state index in [1.807, 2.05) is 0 Å². The fourth-order valence-corrected chi connectivity index (χ4v) is 3.57. The SMILES string of the molecule is O=C(O)Oc1[nH]n(-c2ccc(S(=O)(=O)O)cc2)c(=O)c1N=Nc1ccccc1S(=O)(=O)O. The Morgan fingerprint density at radius 1 is 0.938 bits per heavy atom. The highest BCUT2D eigenvalue weighted by Crippen LogP contribution is 2.28. The first-order valence-electron chi connectivity index (χ1n) is 8.20. The standard InChI is InChI=1S/C16H12N4O10S2/c21-15-13(18-17-11-3-1-2-4-12(11)32(27,28)29)14(30-16(22)23)19-20(15)9-5-7-10(8-6-9)31(24,25)26/h1-8,19H,(H,22,23)(H,24,25,26)(H,27,28,29). The summed E-state index contributed by atoms with van der Waals surface area (Å²) in [5, 5.41) is 18.4. The predicted molar refractivity (Wildman–Crippen MR) is 105 cm³/mol. The first-order valence-corrected chi connectivity index (χ1v) is 11.1. The summed E-state index contributed by atoms with van der Waals surface area (Å²) in [4.78, 5) is 22.6. The minimum Gasteiger partial charge on any atom is -0.449 e. The van der Waals surface area contributed by atoms with Gasteiger partial charge >= 0.3 is 11.7 Å². The highest BCUT2D eigenvalue weighted by molar-refractivity contribution is 7.86. The van der Waals surface area contributed by atoms with Crippen LogP contribution in [0.2, 0.25) is 0 Å². The molecule has 3 aromatic rings. The molecule has 0 radical (unpaired) electrons. The third-order valence-electron chi connectivity index (χ3n) is 3.82. The van der Waals surface area contributed by atoms with Gasteiger partial charge in [0.05, 0.1) is 10.6 Å². The minimum atomic E-state index is -4.67. The molecule has 0 atom stereocenters. The van der Waals surface area contributed by atoms with E-state index in [0.717, 1.165) is 35.0 Å². The molecule has 2 aromatic carbocycles. The molecule has 1 heterocycles. The Kier molecular flexibility index (Phi) is 5.95. The average molecular weight is 484 g/mol. The normalized spacial score (nSPS) is 12.2. The van der Waals surface area contributed by atoms with Crippen LogP contribution in [0.4, 0.5) is 16.2 Å². The van der Waals surface area contributed by atoms with Crippen LogP contribution in [0.15, 0.2) is 73.3 Å². The third-order valence-corrected chi connectivity index (χ3v) is 5.59. The fraction of sp³-hybridized carbons (Fsp3) is 0. The average Bonchev–Trinajstić information content (AvgIpc) is 3.00. The second kappa shape index (κ2) is 8.35. The molecule has 0 aliphatic carbocycles. The summed E-state index contributed by atoms with van der Waals surface area (Å²) in [5.74, 6) is -0.672. The molecule has 0 bridgehead atoms. The summed E-state index contributed by atoms with van der Waals surface area (Å²) in [6.07, 6.45) is -1.81. The van der Waals surface area contributed by atoms with Gasteiger partial charge in [0.1, 0.15) is 10.6 Å². The highest BCUT2D eigenvalue weighted by atomic mass is 32.2. The van der Waals surface area contributed by atoms with E-state index in [1.165, 1.54) is 18.2 Å². The summed E-state index contributed by atoms with van der Waals surface area (Å²) in [6, 6.07) is 9.11. The van der Waals surface area contributed by atoms with Gasteiger partial charge in [-0.15, -0.1) is 10.2 Å². The van der Waals surface area contributed by atoms with Crippen molar-refractivity contribution in [3.63, 3.8) is 0 Å². The van der Waals surface area contributed by atoms with Crippen molar-refractivity contribution >= 4 is 37.8 Å². The van der Waals surface area contributed by atoms with Crippen molar-refractivity contribution in [1.82, 2.24) is 9.78 Å². The second-order valence-corrected chi connectivity index (χ2v) is 8.72. The number of nitrogens with zero attached hydrogens (tertiary/aromatic N) is 3. The largest absolute Gasteiger partial charge is 0.512 e. The Labute approximate surface area is 178 Å². The van der Waals surface area contributed by atoms with Crippen molar-refractivity contribution in [1.29, 1.82) is 0 Å². The van der Waals surface area contributed by atoms with Crippen LogP contribution in [0, 0.1) is 0 Å². The molecule has 0 fully saturated rings. The Morgan fingerprint density at radius 3 is 2.12 bits per heavy atom. The van der Waals surface area contributed by atoms with Crippen LogP contribution in [-0.2, 0) is 20.2 Å². The number of hydrogen-bond acceptors (Lipinski definition) is 9. The summed E-state index contributed by atoms with van der Waals surface area (Å²) >= 11 is 0. The molecular weight excluding hydrogens is 472 g/mol. The van der Waals surface area contributed by atoms with Crippen molar-refractivity contribution in [2.24, 2.45) is 10.2 Å².